The minimum absolute atomic E-state index is 0. The predicted molar refractivity (Wildman–Crippen MR) is 29.3 cm³/mol. The van der Waals surface area contributed by atoms with Gasteiger partial charge in [-0.25, -0.2) is 0 Å². The van der Waals surface area contributed by atoms with Crippen molar-refractivity contribution in [2.75, 3.05) is 6.73 Å². The number of nitrogens with one attached hydrogen (secondary N) is 1. The Morgan fingerprint density at radius 1 is 1.57 bits per heavy atom. The van der Waals surface area contributed by atoms with E-state index < -0.39 is 4.96 Å². The van der Waals surface area contributed by atoms with Crippen LogP contribution in [0.25, 0.3) is 0 Å². The van der Waals surface area contributed by atoms with Gasteiger partial charge in [-0.1, -0.05) is 23.2 Å². The number of alkyl halides is 2. The molecule has 0 fully saturated rings. The van der Waals surface area contributed by atoms with Crippen molar-refractivity contribution in [1.82, 2.24) is 5.32 Å². The standard InChI is InChI=1S/C2H5Cl2NO.H2O/c3-2(4)5-1-6;/h2,5-6H,1H2;1H2/i5+1;. The van der Waals surface area contributed by atoms with Gasteiger partial charge >= 0.3 is 0 Å². The monoisotopic (exact) mass is 148 g/mol. The van der Waals surface area contributed by atoms with E-state index in [1.54, 1.807) is 0 Å². The van der Waals surface area contributed by atoms with Gasteiger partial charge in [-0.3, -0.25) is 5.32 Å². The average Bonchev–Trinajstić information content (AvgIpc) is 1.35. The summed E-state index contributed by atoms with van der Waals surface area (Å²) in [4.78, 5) is -0.657. The molecule has 0 atom stereocenters. The molecule has 0 amide bonds. The Hall–Kier alpha value is 0.460. The van der Waals surface area contributed by atoms with Gasteiger partial charge in [0, 0.05) is 0 Å². The van der Waals surface area contributed by atoms with Crippen LogP contribution >= 0.6 is 23.2 Å². The summed E-state index contributed by atoms with van der Waals surface area (Å²) in [6, 6.07) is 0. The summed E-state index contributed by atoms with van der Waals surface area (Å²) in [6.07, 6.45) is 0. The number of hydrogen-bond donors (Lipinski definition) is 2. The second-order valence-corrected chi connectivity index (χ2v) is 1.76. The fourth-order valence-electron chi connectivity index (χ4n) is 0.0690. The van der Waals surface area contributed by atoms with Crippen molar-refractivity contribution in [3.05, 3.63) is 0 Å². The minimum Gasteiger partial charge on any atom is -0.412 e. The molecule has 5 heteroatoms. The molecule has 0 radical (unpaired) electrons. The van der Waals surface area contributed by atoms with Crippen LogP contribution in [-0.4, -0.2) is 22.3 Å². The topological polar surface area (TPSA) is 63.8 Å². The van der Waals surface area contributed by atoms with Crippen LogP contribution in [-0.2, 0) is 0 Å². The lowest BCUT2D eigenvalue weighted by atomic mass is 11.3. The summed E-state index contributed by atoms with van der Waals surface area (Å²) in [5.41, 5.74) is 0. The first-order valence-electron chi connectivity index (χ1n) is 1.39. The molecule has 0 aromatic heterocycles. The molecule has 0 aromatic rings. The number of hydrogen-bond acceptors (Lipinski definition) is 2. The number of aliphatic hydroxyl groups is 1. The highest BCUT2D eigenvalue weighted by molar-refractivity contribution is 6.43. The molecular weight excluding hydrogens is 142 g/mol. The van der Waals surface area contributed by atoms with Gasteiger partial charge in [-0.05, 0) is 0 Å². The SMILES string of the molecule is O.OC[15NH]C(Cl)Cl. The molecule has 0 unspecified atom stereocenters. The molecule has 0 aliphatic carbocycles. The summed E-state index contributed by atoms with van der Waals surface area (Å²) in [7, 11) is 0. The van der Waals surface area contributed by atoms with Crippen LogP contribution in [0, 0.1) is 0 Å². The van der Waals surface area contributed by atoms with Crippen molar-refractivity contribution in [3.63, 3.8) is 0 Å². The largest absolute Gasteiger partial charge is 0.412 e. The molecule has 0 rings (SSSR count). The van der Waals surface area contributed by atoms with Gasteiger partial charge < -0.3 is 10.6 Å². The Morgan fingerprint density at radius 2 is 2.00 bits per heavy atom. The van der Waals surface area contributed by atoms with Crippen molar-refractivity contribution >= 4 is 23.2 Å². The molecule has 0 aromatic carbocycles. The van der Waals surface area contributed by atoms with Gasteiger partial charge in [-0.2, -0.15) is 0 Å². The van der Waals surface area contributed by atoms with Crippen molar-refractivity contribution < 1.29 is 10.6 Å². The zero-order valence-corrected chi connectivity index (χ0v) is 5.00. The molecule has 4 N–H and O–H groups in total. The van der Waals surface area contributed by atoms with Crippen molar-refractivity contribution in [2.45, 2.75) is 4.96 Å². The highest BCUT2D eigenvalue weighted by Gasteiger charge is 1.89. The average molecular weight is 149 g/mol. The van der Waals surface area contributed by atoms with E-state index in [-0.39, 0.29) is 12.2 Å². The van der Waals surface area contributed by atoms with Crippen molar-refractivity contribution in [1.29, 1.82) is 0 Å². The van der Waals surface area contributed by atoms with Crippen LogP contribution in [0.2, 0.25) is 0 Å². The zero-order chi connectivity index (χ0) is 4.99. The Labute approximate surface area is 51.5 Å². The first-order chi connectivity index (χ1) is 2.77. The van der Waals surface area contributed by atoms with Crippen LogP contribution in [0.1, 0.15) is 0 Å². The number of rotatable bonds is 2. The van der Waals surface area contributed by atoms with Crippen LogP contribution < -0.4 is 5.32 Å². The highest BCUT2D eigenvalue weighted by atomic mass is 35.5. The van der Waals surface area contributed by atoms with Crippen molar-refractivity contribution in [2.24, 2.45) is 0 Å². The molecule has 0 spiro atoms. The zero-order valence-electron chi connectivity index (χ0n) is 3.49. The molecule has 0 heterocycles. The van der Waals surface area contributed by atoms with E-state index in [9.17, 15) is 0 Å². The Balaban J connectivity index is 0. The third kappa shape index (κ3) is 10.7. The Kier molecular flexibility index (Phi) is 9.64. The van der Waals surface area contributed by atoms with E-state index in [4.69, 9.17) is 28.3 Å². The van der Waals surface area contributed by atoms with E-state index in [1.807, 2.05) is 0 Å². The fraction of sp³-hybridized carbons (Fsp3) is 1.00. The van der Waals surface area contributed by atoms with Crippen LogP contribution in [0.3, 0.4) is 0 Å². The smallest absolute Gasteiger partial charge is 0.159 e. The normalized spacial score (nSPS) is 8.57. The summed E-state index contributed by atoms with van der Waals surface area (Å²) in [6.45, 7) is -0.183. The van der Waals surface area contributed by atoms with E-state index in [1.165, 1.54) is 0 Å². The van der Waals surface area contributed by atoms with E-state index >= 15 is 0 Å². The molecule has 0 aliphatic rings. The summed E-state index contributed by atoms with van der Waals surface area (Å²) in [5, 5.41) is 10.3. The fourth-order valence-corrected chi connectivity index (χ4v) is 0.207. The lowest BCUT2D eigenvalue weighted by Gasteiger charge is -1.95. The second-order valence-electron chi connectivity index (χ2n) is 0.663. The van der Waals surface area contributed by atoms with Gasteiger partial charge in [0.25, 0.3) is 0 Å². The third-order valence-electron chi connectivity index (χ3n) is 0.246. The summed E-state index contributed by atoms with van der Waals surface area (Å²) >= 11 is 10.1. The third-order valence-corrected chi connectivity index (χ3v) is 0.554. The summed E-state index contributed by atoms with van der Waals surface area (Å²) in [5.74, 6) is 0. The molecule has 46 valence electrons. The molecule has 7 heavy (non-hydrogen) atoms. The first kappa shape index (κ1) is 10.4. The minimum atomic E-state index is -0.657. The molecule has 0 saturated carbocycles. The number of halogens is 2. The molecule has 0 saturated heterocycles. The maximum atomic E-state index is 7.96. The molecule has 0 aliphatic heterocycles. The lowest BCUT2D eigenvalue weighted by Crippen LogP contribution is -2.18. The number of aliphatic hydroxyl groups excluding tert-OH is 1. The van der Waals surface area contributed by atoms with Gasteiger partial charge in [0.1, 0.15) is 0 Å². The molecule has 0 bridgehead atoms. The van der Waals surface area contributed by atoms with Gasteiger partial charge in [0.15, 0.2) is 4.96 Å². The van der Waals surface area contributed by atoms with Crippen molar-refractivity contribution in [3.8, 4) is 0 Å². The Morgan fingerprint density at radius 3 is 2.00 bits per heavy atom. The predicted octanol–water partition coefficient (Wildman–Crippen LogP) is -0.538. The first-order valence-corrected chi connectivity index (χ1v) is 2.27. The van der Waals surface area contributed by atoms with E-state index in [0.29, 0.717) is 0 Å². The quantitative estimate of drug-likeness (QED) is 0.239. The maximum absolute atomic E-state index is 7.96. The maximum Gasteiger partial charge on any atom is 0.159 e. The second kappa shape index (κ2) is 6.46. The van der Waals surface area contributed by atoms with E-state index in [0.717, 1.165) is 0 Å². The van der Waals surface area contributed by atoms with Gasteiger partial charge in [-0.15, -0.1) is 0 Å². The van der Waals surface area contributed by atoms with Gasteiger partial charge in [0.05, 0.1) is 6.73 Å². The van der Waals surface area contributed by atoms with Gasteiger partial charge in [0.2, 0.25) is 0 Å². The lowest BCUT2D eigenvalue weighted by molar-refractivity contribution is 0.266. The summed E-state index contributed by atoms with van der Waals surface area (Å²) < 4.78 is 0. The molecule has 3 nitrogen and oxygen atoms in total. The van der Waals surface area contributed by atoms with E-state index in [2.05, 4.69) is 5.32 Å². The molecular formula is C2H7Cl2NO2. The highest BCUT2D eigenvalue weighted by Crippen LogP contribution is 1.92. The Bertz CT molecular complexity index is 34.9. The van der Waals surface area contributed by atoms with Crippen LogP contribution in [0.15, 0.2) is 0 Å². The van der Waals surface area contributed by atoms with Crippen LogP contribution in [0.4, 0.5) is 0 Å². The van der Waals surface area contributed by atoms with Crippen LogP contribution in [0.5, 0.6) is 0 Å².